The lowest BCUT2D eigenvalue weighted by molar-refractivity contribution is 0.414. The zero-order valence-corrected chi connectivity index (χ0v) is 7.65. The van der Waals surface area contributed by atoms with Crippen molar-refractivity contribution in [3.8, 4) is 5.75 Å². The first-order valence-corrected chi connectivity index (χ1v) is 3.99. The Kier molecular flexibility index (Phi) is 3.25. The molecule has 1 aromatic rings. The fourth-order valence-corrected chi connectivity index (χ4v) is 1.05. The van der Waals surface area contributed by atoms with Crippen LogP contribution in [0, 0.1) is 4.91 Å². The van der Waals surface area contributed by atoms with Crippen LogP contribution in [0.5, 0.6) is 5.75 Å². The average molecular weight is 180 g/mol. The second kappa shape index (κ2) is 4.45. The molecule has 0 spiro atoms. The van der Waals surface area contributed by atoms with Crippen LogP contribution in [0.15, 0.2) is 29.6 Å². The Hall–Kier alpha value is -1.58. The molecule has 13 heavy (non-hydrogen) atoms. The van der Waals surface area contributed by atoms with Crippen molar-refractivity contribution in [3.05, 3.63) is 34.7 Å². The van der Waals surface area contributed by atoms with Gasteiger partial charge in [-0.3, -0.25) is 5.43 Å². The molecule has 0 saturated carbocycles. The second-order valence-corrected chi connectivity index (χ2v) is 2.72. The summed E-state index contributed by atoms with van der Waals surface area (Å²) >= 11 is 0. The van der Waals surface area contributed by atoms with Gasteiger partial charge in [0.05, 0.1) is 18.4 Å². The topological polar surface area (TPSA) is 50.7 Å². The number of ether oxygens (including phenoxy) is 1. The van der Waals surface area contributed by atoms with Crippen LogP contribution in [0.2, 0.25) is 0 Å². The number of nitrogens with zero attached hydrogens (tertiary/aromatic N) is 1. The van der Waals surface area contributed by atoms with E-state index < -0.39 is 0 Å². The maximum Gasteiger partial charge on any atom is 0.118 e. The zero-order valence-electron chi connectivity index (χ0n) is 7.65. The molecular formula is C9H12N2O2. The van der Waals surface area contributed by atoms with E-state index in [4.69, 9.17) is 4.74 Å². The van der Waals surface area contributed by atoms with Crippen molar-refractivity contribution >= 4 is 0 Å². The number of hydrogen-bond acceptors (Lipinski definition) is 3. The number of nitroso groups, excluding NO2 is 1. The molecule has 0 aliphatic rings. The Labute approximate surface area is 76.9 Å². The molecule has 1 aromatic carbocycles. The molecule has 1 atom stereocenters. The summed E-state index contributed by atoms with van der Waals surface area (Å²) in [6, 6.07) is 7.41. The fourth-order valence-electron chi connectivity index (χ4n) is 1.05. The minimum absolute atomic E-state index is 0.0663. The van der Waals surface area contributed by atoms with Gasteiger partial charge in [0.15, 0.2) is 0 Å². The Bertz CT molecular complexity index is 271. The monoisotopic (exact) mass is 180 g/mol. The van der Waals surface area contributed by atoms with E-state index in [2.05, 4.69) is 10.7 Å². The van der Waals surface area contributed by atoms with Gasteiger partial charge in [0.2, 0.25) is 0 Å². The number of benzene rings is 1. The van der Waals surface area contributed by atoms with Crippen molar-refractivity contribution in [3.63, 3.8) is 0 Å². The van der Waals surface area contributed by atoms with Gasteiger partial charge in [-0.1, -0.05) is 12.1 Å². The summed E-state index contributed by atoms with van der Waals surface area (Å²) in [4.78, 5) is 9.93. The summed E-state index contributed by atoms with van der Waals surface area (Å²) in [6.45, 7) is 1.86. The van der Waals surface area contributed by atoms with Crippen molar-refractivity contribution in [2.45, 2.75) is 13.0 Å². The molecule has 0 aromatic heterocycles. The van der Waals surface area contributed by atoms with E-state index in [1.807, 2.05) is 31.2 Å². The predicted molar refractivity (Wildman–Crippen MR) is 50.3 cm³/mol. The summed E-state index contributed by atoms with van der Waals surface area (Å²) in [5.74, 6) is 0.801. The molecule has 0 aliphatic heterocycles. The highest BCUT2D eigenvalue weighted by atomic mass is 16.5. The lowest BCUT2D eigenvalue weighted by atomic mass is 10.1. The average Bonchev–Trinajstić information content (AvgIpc) is 2.18. The first-order chi connectivity index (χ1) is 6.27. The highest BCUT2D eigenvalue weighted by Crippen LogP contribution is 2.16. The molecule has 4 nitrogen and oxygen atoms in total. The van der Waals surface area contributed by atoms with Crippen LogP contribution in [-0.2, 0) is 0 Å². The van der Waals surface area contributed by atoms with Crippen LogP contribution in [0.25, 0.3) is 0 Å². The molecule has 0 amide bonds. The van der Waals surface area contributed by atoms with Gasteiger partial charge in [-0.2, -0.15) is 0 Å². The fraction of sp³-hybridized carbons (Fsp3) is 0.333. The molecule has 1 rings (SSSR count). The van der Waals surface area contributed by atoms with Gasteiger partial charge in [0.25, 0.3) is 0 Å². The molecule has 4 heteroatoms. The Balaban J connectivity index is 2.73. The first-order valence-electron chi connectivity index (χ1n) is 3.99. The third-order valence-electron chi connectivity index (χ3n) is 1.86. The number of methoxy groups -OCH3 is 1. The third-order valence-corrected chi connectivity index (χ3v) is 1.86. The number of hydrogen-bond donors (Lipinski definition) is 1. The highest BCUT2D eigenvalue weighted by molar-refractivity contribution is 5.28. The van der Waals surface area contributed by atoms with Crippen LogP contribution < -0.4 is 10.2 Å². The third kappa shape index (κ3) is 2.43. The van der Waals surface area contributed by atoms with Gasteiger partial charge >= 0.3 is 0 Å². The summed E-state index contributed by atoms with van der Waals surface area (Å²) in [5, 5.41) is 2.62. The second-order valence-electron chi connectivity index (χ2n) is 2.72. The summed E-state index contributed by atoms with van der Waals surface area (Å²) in [7, 11) is 1.61. The first kappa shape index (κ1) is 9.51. The highest BCUT2D eigenvalue weighted by Gasteiger charge is 2.03. The van der Waals surface area contributed by atoms with Crippen LogP contribution in [0.1, 0.15) is 18.5 Å². The molecule has 0 saturated heterocycles. The van der Waals surface area contributed by atoms with E-state index in [0.717, 1.165) is 11.3 Å². The normalized spacial score (nSPS) is 11.8. The minimum atomic E-state index is -0.0663. The summed E-state index contributed by atoms with van der Waals surface area (Å²) in [5.41, 5.74) is 3.43. The molecule has 1 unspecified atom stereocenters. The van der Waals surface area contributed by atoms with Crippen LogP contribution in [0.3, 0.4) is 0 Å². The van der Waals surface area contributed by atoms with E-state index in [9.17, 15) is 4.91 Å². The maximum absolute atomic E-state index is 9.93. The lowest BCUT2D eigenvalue weighted by Gasteiger charge is -2.09. The Morgan fingerprint density at radius 1 is 1.38 bits per heavy atom. The minimum Gasteiger partial charge on any atom is -0.497 e. The molecule has 70 valence electrons. The molecule has 0 radical (unpaired) electrons. The van der Waals surface area contributed by atoms with Crippen molar-refractivity contribution in [1.29, 1.82) is 0 Å². The molecule has 0 fully saturated rings. The van der Waals surface area contributed by atoms with Crippen molar-refractivity contribution in [2.24, 2.45) is 5.29 Å². The standard InChI is InChI=1S/C9H12N2O2/c1-7(10-11-12)8-3-5-9(13-2)6-4-8/h3-7H,1-2H3,(H,10,12). The van der Waals surface area contributed by atoms with Crippen molar-refractivity contribution < 1.29 is 4.74 Å². The number of rotatable bonds is 4. The number of nitrogens with one attached hydrogen (secondary N) is 1. The van der Waals surface area contributed by atoms with Gasteiger partial charge in [-0.25, -0.2) is 0 Å². The maximum atomic E-state index is 9.93. The van der Waals surface area contributed by atoms with E-state index in [-0.39, 0.29) is 6.04 Å². The van der Waals surface area contributed by atoms with Crippen molar-refractivity contribution in [2.75, 3.05) is 7.11 Å². The SMILES string of the molecule is COc1ccc(C(C)NN=O)cc1. The van der Waals surface area contributed by atoms with E-state index in [1.54, 1.807) is 7.11 Å². The van der Waals surface area contributed by atoms with Crippen LogP contribution >= 0.6 is 0 Å². The van der Waals surface area contributed by atoms with Gasteiger partial charge in [-0.15, -0.1) is 4.91 Å². The predicted octanol–water partition coefficient (Wildman–Crippen LogP) is 2.03. The largest absolute Gasteiger partial charge is 0.497 e. The molecule has 0 heterocycles. The van der Waals surface area contributed by atoms with E-state index >= 15 is 0 Å². The van der Waals surface area contributed by atoms with Gasteiger partial charge in [-0.05, 0) is 24.6 Å². The Morgan fingerprint density at radius 2 is 2.00 bits per heavy atom. The summed E-state index contributed by atoms with van der Waals surface area (Å²) in [6.07, 6.45) is 0. The molecule has 1 N–H and O–H groups in total. The smallest absolute Gasteiger partial charge is 0.118 e. The van der Waals surface area contributed by atoms with E-state index in [0.29, 0.717) is 0 Å². The van der Waals surface area contributed by atoms with Crippen LogP contribution in [0.4, 0.5) is 0 Å². The molecule has 0 aliphatic carbocycles. The lowest BCUT2D eigenvalue weighted by Crippen LogP contribution is -2.10. The van der Waals surface area contributed by atoms with Gasteiger partial charge < -0.3 is 4.74 Å². The van der Waals surface area contributed by atoms with E-state index in [1.165, 1.54) is 0 Å². The Morgan fingerprint density at radius 3 is 2.46 bits per heavy atom. The van der Waals surface area contributed by atoms with Gasteiger partial charge in [0, 0.05) is 0 Å². The summed E-state index contributed by atoms with van der Waals surface area (Å²) < 4.78 is 5.00. The zero-order chi connectivity index (χ0) is 9.68. The molecule has 0 bridgehead atoms. The van der Waals surface area contributed by atoms with Crippen LogP contribution in [-0.4, -0.2) is 7.11 Å². The van der Waals surface area contributed by atoms with Gasteiger partial charge in [0.1, 0.15) is 5.75 Å². The quantitative estimate of drug-likeness (QED) is 0.569. The molecular weight excluding hydrogens is 168 g/mol. The van der Waals surface area contributed by atoms with Crippen molar-refractivity contribution in [1.82, 2.24) is 5.43 Å².